The number of aldehydes is 1. The molecular formula is C14H10BrNO. The molecule has 1 heterocycles. The fraction of sp³-hybridized carbons (Fsp3) is 0. The molecule has 0 aliphatic carbocycles. The zero-order valence-electron chi connectivity index (χ0n) is 9.01. The fourth-order valence-corrected chi connectivity index (χ4v) is 1.84. The average Bonchev–Trinajstić information content (AvgIpc) is 2.38. The number of carbonyl (C=O) groups excluding carboxylic acids is 1. The van der Waals surface area contributed by atoms with Gasteiger partial charge in [0, 0.05) is 22.4 Å². The molecule has 2 nitrogen and oxygen atoms in total. The number of hydrogen-bond acceptors (Lipinski definition) is 2. The van der Waals surface area contributed by atoms with Crippen molar-refractivity contribution in [3.8, 4) is 0 Å². The molecule has 84 valence electrons. The molecular weight excluding hydrogens is 278 g/mol. The highest BCUT2D eigenvalue weighted by Crippen LogP contribution is 2.23. The summed E-state index contributed by atoms with van der Waals surface area (Å²) in [4.78, 5) is 14.8. The van der Waals surface area contributed by atoms with E-state index < -0.39 is 0 Å². The van der Waals surface area contributed by atoms with Gasteiger partial charge in [-0.15, -0.1) is 0 Å². The minimum Gasteiger partial charge on any atom is -0.299 e. The van der Waals surface area contributed by atoms with E-state index in [1.807, 2.05) is 36.4 Å². The predicted molar refractivity (Wildman–Crippen MR) is 71.5 cm³/mol. The zero-order chi connectivity index (χ0) is 12.1. The second-order valence-electron chi connectivity index (χ2n) is 3.47. The van der Waals surface area contributed by atoms with E-state index >= 15 is 0 Å². The minimum absolute atomic E-state index is 0.796. The van der Waals surface area contributed by atoms with E-state index in [4.69, 9.17) is 0 Å². The topological polar surface area (TPSA) is 30.0 Å². The summed E-state index contributed by atoms with van der Waals surface area (Å²) in [6, 6.07) is 11.6. The molecule has 0 atom stereocenters. The van der Waals surface area contributed by atoms with Crippen LogP contribution in [0.4, 0.5) is 0 Å². The van der Waals surface area contributed by atoms with Gasteiger partial charge in [0.1, 0.15) is 6.29 Å². The second kappa shape index (κ2) is 5.55. The summed E-state index contributed by atoms with van der Waals surface area (Å²) in [6.07, 6.45) is 5.81. The molecule has 0 aliphatic rings. The van der Waals surface area contributed by atoms with E-state index in [9.17, 15) is 4.79 Å². The third-order valence-corrected chi connectivity index (χ3v) is 2.89. The summed E-state index contributed by atoms with van der Waals surface area (Å²) in [6.45, 7) is 0. The molecule has 17 heavy (non-hydrogen) atoms. The van der Waals surface area contributed by atoms with Crippen LogP contribution in [0.5, 0.6) is 0 Å². The lowest BCUT2D eigenvalue weighted by molar-refractivity contribution is -0.104. The first kappa shape index (κ1) is 11.7. The van der Waals surface area contributed by atoms with Gasteiger partial charge in [0.2, 0.25) is 0 Å². The number of pyridine rings is 1. The van der Waals surface area contributed by atoms with Gasteiger partial charge >= 0.3 is 0 Å². The Morgan fingerprint density at radius 1 is 1.12 bits per heavy atom. The SMILES string of the molecule is O=CC=C(c1ccc(Br)cc1)c1cccnc1. The lowest BCUT2D eigenvalue weighted by Crippen LogP contribution is -1.89. The van der Waals surface area contributed by atoms with Crippen molar-refractivity contribution in [2.75, 3.05) is 0 Å². The highest BCUT2D eigenvalue weighted by Gasteiger charge is 2.04. The highest BCUT2D eigenvalue weighted by atomic mass is 79.9. The average molecular weight is 288 g/mol. The Kier molecular flexibility index (Phi) is 3.83. The number of benzene rings is 1. The van der Waals surface area contributed by atoms with Crippen LogP contribution in [0.2, 0.25) is 0 Å². The van der Waals surface area contributed by atoms with Gasteiger partial charge in [-0.05, 0) is 35.4 Å². The number of carbonyl (C=O) groups is 1. The van der Waals surface area contributed by atoms with Gasteiger partial charge in [-0.25, -0.2) is 0 Å². The van der Waals surface area contributed by atoms with Gasteiger partial charge in [-0.1, -0.05) is 34.1 Å². The van der Waals surface area contributed by atoms with Gasteiger partial charge in [0.25, 0.3) is 0 Å². The van der Waals surface area contributed by atoms with Crippen LogP contribution in [0.25, 0.3) is 5.57 Å². The monoisotopic (exact) mass is 287 g/mol. The maximum atomic E-state index is 10.7. The summed E-state index contributed by atoms with van der Waals surface area (Å²) in [5.74, 6) is 0. The third-order valence-electron chi connectivity index (χ3n) is 2.36. The van der Waals surface area contributed by atoms with Crippen molar-refractivity contribution in [3.63, 3.8) is 0 Å². The van der Waals surface area contributed by atoms with Crippen molar-refractivity contribution in [2.24, 2.45) is 0 Å². The Morgan fingerprint density at radius 2 is 1.88 bits per heavy atom. The maximum Gasteiger partial charge on any atom is 0.143 e. The first-order valence-corrected chi connectivity index (χ1v) is 5.92. The summed E-state index contributed by atoms with van der Waals surface area (Å²) in [7, 11) is 0. The smallest absolute Gasteiger partial charge is 0.143 e. The van der Waals surface area contributed by atoms with Crippen LogP contribution in [0.1, 0.15) is 11.1 Å². The van der Waals surface area contributed by atoms with Crippen molar-refractivity contribution in [1.29, 1.82) is 0 Å². The minimum atomic E-state index is 0.796. The van der Waals surface area contributed by atoms with Crippen molar-refractivity contribution >= 4 is 27.8 Å². The van der Waals surface area contributed by atoms with Crippen LogP contribution in [0.15, 0.2) is 59.3 Å². The van der Waals surface area contributed by atoms with Crippen LogP contribution >= 0.6 is 15.9 Å². The van der Waals surface area contributed by atoms with E-state index in [0.29, 0.717) is 0 Å². The largest absolute Gasteiger partial charge is 0.299 e. The van der Waals surface area contributed by atoms with E-state index in [0.717, 1.165) is 27.5 Å². The Balaban J connectivity index is 2.47. The summed E-state index contributed by atoms with van der Waals surface area (Å²) in [5, 5.41) is 0. The van der Waals surface area contributed by atoms with Crippen molar-refractivity contribution < 1.29 is 4.79 Å². The Bertz CT molecular complexity index is 532. The number of allylic oxidation sites excluding steroid dienone is 1. The molecule has 1 aromatic heterocycles. The molecule has 0 radical (unpaired) electrons. The second-order valence-corrected chi connectivity index (χ2v) is 4.38. The van der Waals surface area contributed by atoms with Gasteiger partial charge in [-0.2, -0.15) is 0 Å². The van der Waals surface area contributed by atoms with Crippen molar-refractivity contribution in [1.82, 2.24) is 4.98 Å². The molecule has 2 rings (SSSR count). The molecule has 0 bridgehead atoms. The van der Waals surface area contributed by atoms with Crippen molar-refractivity contribution in [2.45, 2.75) is 0 Å². The van der Waals surface area contributed by atoms with Crippen LogP contribution in [-0.4, -0.2) is 11.3 Å². The summed E-state index contributed by atoms with van der Waals surface area (Å²) in [5.41, 5.74) is 2.80. The zero-order valence-corrected chi connectivity index (χ0v) is 10.6. The summed E-state index contributed by atoms with van der Waals surface area (Å²) >= 11 is 3.39. The number of rotatable bonds is 3. The van der Waals surface area contributed by atoms with Crippen LogP contribution < -0.4 is 0 Å². The molecule has 0 fully saturated rings. The molecule has 2 aromatic rings. The van der Waals surface area contributed by atoms with Crippen LogP contribution in [0, 0.1) is 0 Å². The normalized spacial score (nSPS) is 11.2. The molecule has 0 N–H and O–H groups in total. The Labute approximate surface area is 108 Å². The van der Waals surface area contributed by atoms with E-state index in [1.165, 1.54) is 0 Å². The molecule has 0 spiro atoms. The van der Waals surface area contributed by atoms with Crippen LogP contribution in [-0.2, 0) is 4.79 Å². The standard InChI is InChI=1S/C14H10BrNO/c15-13-5-3-11(4-6-13)14(7-9-17)12-2-1-8-16-10-12/h1-10H. The lowest BCUT2D eigenvalue weighted by atomic mass is 9.99. The van der Waals surface area contributed by atoms with E-state index in [-0.39, 0.29) is 0 Å². The summed E-state index contributed by atoms with van der Waals surface area (Å²) < 4.78 is 1.01. The van der Waals surface area contributed by atoms with Crippen LogP contribution in [0.3, 0.4) is 0 Å². The lowest BCUT2D eigenvalue weighted by Gasteiger charge is -2.06. The molecule has 1 aromatic carbocycles. The first-order valence-electron chi connectivity index (χ1n) is 5.13. The van der Waals surface area contributed by atoms with Crippen molar-refractivity contribution in [3.05, 3.63) is 70.5 Å². The predicted octanol–water partition coefficient (Wildman–Crippen LogP) is 3.47. The van der Waals surface area contributed by atoms with Gasteiger partial charge in [0.05, 0.1) is 0 Å². The van der Waals surface area contributed by atoms with Gasteiger partial charge in [-0.3, -0.25) is 9.78 Å². The van der Waals surface area contributed by atoms with E-state index in [1.54, 1.807) is 18.5 Å². The number of halogens is 1. The molecule has 0 saturated carbocycles. The number of aromatic nitrogens is 1. The Morgan fingerprint density at radius 3 is 2.47 bits per heavy atom. The first-order chi connectivity index (χ1) is 8.31. The molecule has 3 heteroatoms. The molecule has 0 aliphatic heterocycles. The number of nitrogens with zero attached hydrogens (tertiary/aromatic N) is 1. The fourth-order valence-electron chi connectivity index (χ4n) is 1.58. The Hall–Kier alpha value is -1.74. The molecule has 0 saturated heterocycles. The van der Waals surface area contributed by atoms with Gasteiger partial charge < -0.3 is 0 Å². The molecule has 0 amide bonds. The number of hydrogen-bond donors (Lipinski definition) is 0. The third kappa shape index (κ3) is 2.88. The molecule has 0 unspecified atom stereocenters. The van der Waals surface area contributed by atoms with E-state index in [2.05, 4.69) is 20.9 Å². The van der Waals surface area contributed by atoms with Gasteiger partial charge in [0.15, 0.2) is 0 Å². The maximum absolute atomic E-state index is 10.7. The highest BCUT2D eigenvalue weighted by molar-refractivity contribution is 9.10. The quantitative estimate of drug-likeness (QED) is 0.639.